The van der Waals surface area contributed by atoms with E-state index in [0.29, 0.717) is 6.42 Å². The standard InChI is InChI=1S/C14H17NO2/c1-10(7-8-14(16)17)15-9-12-5-3-4-6-13(12)11(15)2/h3-6,10H,2,7-9H2,1H3,(H,16,17). The van der Waals surface area contributed by atoms with E-state index in [1.54, 1.807) is 0 Å². The summed E-state index contributed by atoms with van der Waals surface area (Å²) in [6.07, 6.45) is 0.865. The van der Waals surface area contributed by atoms with E-state index in [1.165, 1.54) is 11.1 Å². The second-order valence-electron chi connectivity index (χ2n) is 4.51. The molecule has 0 saturated heterocycles. The predicted octanol–water partition coefficient (Wildman–Crippen LogP) is 2.73. The number of hydrogen-bond acceptors (Lipinski definition) is 2. The highest BCUT2D eigenvalue weighted by Gasteiger charge is 2.25. The molecule has 1 aromatic carbocycles. The van der Waals surface area contributed by atoms with Crippen LogP contribution in [0.5, 0.6) is 0 Å². The van der Waals surface area contributed by atoms with Crippen LogP contribution >= 0.6 is 0 Å². The summed E-state index contributed by atoms with van der Waals surface area (Å²) in [7, 11) is 0. The first kappa shape index (κ1) is 11.7. The maximum atomic E-state index is 10.6. The van der Waals surface area contributed by atoms with E-state index in [4.69, 9.17) is 5.11 Å². The number of aliphatic carboxylic acids is 1. The fourth-order valence-corrected chi connectivity index (χ4v) is 2.28. The van der Waals surface area contributed by atoms with Gasteiger partial charge >= 0.3 is 5.97 Å². The van der Waals surface area contributed by atoms with Crippen molar-refractivity contribution in [2.45, 2.75) is 32.4 Å². The number of rotatable bonds is 4. The van der Waals surface area contributed by atoms with Crippen molar-refractivity contribution in [1.82, 2.24) is 4.90 Å². The lowest BCUT2D eigenvalue weighted by Crippen LogP contribution is -2.27. The molecule has 1 heterocycles. The zero-order valence-corrected chi connectivity index (χ0v) is 10.0. The van der Waals surface area contributed by atoms with Crippen LogP contribution in [-0.4, -0.2) is 22.0 Å². The van der Waals surface area contributed by atoms with Crippen LogP contribution in [0.4, 0.5) is 0 Å². The molecule has 0 amide bonds. The van der Waals surface area contributed by atoms with Crippen LogP contribution in [0.15, 0.2) is 30.8 Å². The zero-order chi connectivity index (χ0) is 12.4. The Balaban J connectivity index is 2.06. The van der Waals surface area contributed by atoms with Gasteiger partial charge in [-0.15, -0.1) is 0 Å². The first-order valence-corrected chi connectivity index (χ1v) is 5.85. The third-order valence-corrected chi connectivity index (χ3v) is 3.32. The van der Waals surface area contributed by atoms with Crippen molar-refractivity contribution in [1.29, 1.82) is 0 Å². The highest BCUT2D eigenvalue weighted by molar-refractivity contribution is 5.69. The fraction of sp³-hybridized carbons (Fsp3) is 0.357. The van der Waals surface area contributed by atoms with Crippen LogP contribution in [0.1, 0.15) is 30.9 Å². The second kappa shape index (κ2) is 4.62. The van der Waals surface area contributed by atoms with E-state index in [0.717, 1.165) is 12.2 Å². The predicted molar refractivity (Wildman–Crippen MR) is 67.4 cm³/mol. The van der Waals surface area contributed by atoms with Crippen LogP contribution in [0.25, 0.3) is 5.70 Å². The molecule has 3 nitrogen and oxygen atoms in total. The summed E-state index contributed by atoms with van der Waals surface area (Å²) in [5, 5.41) is 8.70. The molecule has 1 aromatic rings. The molecule has 2 rings (SSSR count). The average molecular weight is 231 g/mol. The van der Waals surface area contributed by atoms with E-state index >= 15 is 0 Å². The molecule has 1 aliphatic heterocycles. The summed E-state index contributed by atoms with van der Waals surface area (Å²) in [6.45, 7) is 7.00. The SMILES string of the molecule is C=C1c2ccccc2CN1C(C)CCC(=O)O. The Morgan fingerprint density at radius 1 is 1.53 bits per heavy atom. The summed E-state index contributed by atoms with van der Waals surface area (Å²) in [6, 6.07) is 8.42. The molecule has 1 aliphatic rings. The molecular formula is C14H17NO2. The summed E-state index contributed by atoms with van der Waals surface area (Å²) >= 11 is 0. The van der Waals surface area contributed by atoms with Crippen LogP contribution in [0.3, 0.4) is 0 Å². The lowest BCUT2D eigenvalue weighted by Gasteiger charge is -2.27. The molecule has 1 unspecified atom stereocenters. The van der Waals surface area contributed by atoms with Gasteiger partial charge in [0.25, 0.3) is 0 Å². The third kappa shape index (κ3) is 2.33. The zero-order valence-electron chi connectivity index (χ0n) is 10.0. The topological polar surface area (TPSA) is 40.5 Å². The molecule has 0 saturated carbocycles. The average Bonchev–Trinajstić information content (AvgIpc) is 2.64. The minimum Gasteiger partial charge on any atom is -0.481 e. The van der Waals surface area contributed by atoms with Gasteiger partial charge in [0.1, 0.15) is 0 Å². The molecule has 0 spiro atoms. The van der Waals surface area contributed by atoms with E-state index in [2.05, 4.69) is 30.5 Å². The molecule has 0 fully saturated rings. The summed E-state index contributed by atoms with van der Waals surface area (Å²) in [5.74, 6) is -0.737. The van der Waals surface area contributed by atoms with Crippen LogP contribution in [0, 0.1) is 0 Å². The van der Waals surface area contributed by atoms with Gasteiger partial charge in [0.2, 0.25) is 0 Å². The fourth-order valence-electron chi connectivity index (χ4n) is 2.28. The monoisotopic (exact) mass is 231 g/mol. The smallest absolute Gasteiger partial charge is 0.303 e. The number of benzene rings is 1. The number of carboxylic acid groups (broad SMARTS) is 1. The van der Waals surface area contributed by atoms with Gasteiger partial charge in [-0.25, -0.2) is 0 Å². The van der Waals surface area contributed by atoms with E-state index < -0.39 is 5.97 Å². The van der Waals surface area contributed by atoms with Crippen molar-refractivity contribution in [3.63, 3.8) is 0 Å². The lowest BCUT2D eigenvalue weighted by molar-refractivity contribution is -0.137. The minimum absolute atomic E-state index is 0.210. The second-order valence-corrected chi connectivity index (χ2v) is 4.51. The molecule has 17 heavy (non-hydrogen) atoms. The van der Waals surface area contributed by atoms with E-state index in [1.807, 2.05) is 12.1 Å². The van der Waals surface area contributed by atoms with E-state index in [9.17, 15) is 4.79 Å². The number of nitrogens with zero attached hydrogens (tertiary/aromatic N) is 1. The van der Waals surface area contributed by atoms with Crippen LogP contribution in [0.2, 0.25) is 0 Å². The number of hydrogen-bond donors (Lipinski definition) is 1. The number of carbonyl (C=O) groups is 1. The van der Waals surface area contributed by atoms with Crippen molar-refractivity contribution >= 4 is 11.7 Å². The molecule has 1 N–H and O–H groups in total. The van der Waals surface area contributed by atoms with Crippen LogP contribution < -0.4 is 0 Å². The van der Waals surface area contributed by atoms with Crippen molar-refractivity contribution in [2.24, 2.45) is 0 Å². The molecular weight excluding hydrogens is 214 g/mol. The highest BCUT2D eigenvalue weighted by Crippen LogP contribution is 2.33. The van der Waals surface area contributed by atoms with Gasteiger partial charge in [-0.2, -0.15) is 0 Å². The molecule has 90 valence electrons. The Morgan fingerprint density at radius 2 is 2.24 bits per heavy atom. The molecule has 0 radical (unpaired) electrons. The van der Waals surface area contributed by atoms with Gasteiger partial charge in [-0.05, 0) is 18.9 Å². The summed E-state index contributed by atoms with van der Waals surface area (Å²) < 4.78 is 0. The number of fused-ring (bicyclic) bond motifs is 1. The molecule has 1 atom stereocenters. The Hall–Kier alpha value is -1.77. The third-order valence-electron chi connectivity index (χ3n) is 3.32. The van der Waals surface area contributed by atoms with Crippen molar-refractivity contribution in [2.75, 3.05) is 0 Å². The normalized spacial score (nSPS) is 15.8. The van der Waals surface area contributed by atoms with Gasteiger partial charge in [0, 0.05) is 30.3 Å². The first-order chi connectivity index (χ1) is 8.09. The van der Waals surface area contributed by atoms with Crippen LogP contribution in [-0.2, 0) is 11.3 Å². The molecule has 3 heteroatoms. The number of carboxylic acids is 1. The van der Waals surface area contributed by atoms with Gasteiger partial charge < -0.3 is 10.0 Å². The van der Waals surface area contributed by atoms with Crippen molar-refractivity contribution < 1.29 is 9.90 Å². The minimum atomic E-state index is -0.737. The Bertz CT molecular complexity index is 453. The van der Waals surface area contributed by atoms with Gasteiger partial charge in [0.15, 0.2) is 0 Å². The van der Waals surface area contributed by atoms with Crippen molar-refractivity contribution in [3.05, 3.63) is 42.0 Å². The molecule has 0 aromatic heterocycles. The summed E-state index contributed by atoms with van der Waals surface area (Å²) in [4.78, 5) is 12.8. The maximum absolute atomic E-state index is 10.6. The molecule has 0 aliphatic carbocycles. The molecule has 0 bridgehead atoms. The Labute approximate surface area is 101 Å². The Kier molecular flexibility index (Phi) is 3.18. The highest BCUT2D eigenvalue weighted by atomic mass is 16.4. The largest absolute Gasteiger partial charge is 0.481 e. The maximum Gasteiger partial charge on any atom is 0.303 e. The first-order valence-electron chi connectivity index (χ1n) is 5.85. The van der Waals surface area contributed by atoms with Gasteiger partial charge in [0.05, 0.1) is 0 Å². The lowest BCUT2D eigenvalue weighted by atomic mass is 10.1. The van der Waals surface area contributed by atoms with Crippen molar-refractivity contribution in [3.8, 4) is 0 Å². The van der Waals surface area contributed by atoms with Gasteiger partial charge in [-0.3, -0.25) is 4.79 Å². The van der Waals surface area contributed by atoms with Gasteiger partial charge in [-0.1, -0.05) is 30.8 Å². The van der Waals surface area contributed by atoms with E-state index in [-0.39, 0.29) is 12.5 Å². The quantitative estimate of drug-likeness (QED) is 0.866. The summed E-state index contributed by atoms with van der Waals surface area (Å²) in [5.41, 5.74) is 3.48. The Morgan fingerprint density at radius 3 is 2.88 bits per heavy atom.